The number of unbranched alkanes of at least 4 members (excludes halogenated alkanes) is 9. The molecule has 2 aromatic rings. The number of rotatable bonds is 12. The molecule has 32 heavy (non-hydrogen) atoms. The van der Waals surface area contributed by atoms with E-state index < -0.39 is 0 Å². The summed E-state index contributed by atoms with van der Waals surface area (Å²) in [5.41, 5.74) is 7.00. The molecule has 0 fully saturated rings. The standard InChI is InChI=1S/C30H38O2/c1-2-3-4-5-6-7-8-9-10-13-19-32-29-18-14-17-26-28(29)22-27(30(26)31)25-20-23-15-11-12-16-24(23)21-25/h11-12,14-18H,2-10,13,19-22H2,1H3. The average Bonchev–Trinajstić information content (AvgIpc) is 3.39. The van der Waals surface area contributed by atoms with Crippen LogP contribution in [-0.4, -0.2) is 12.4 Å². The molecule has 0 atom stereocenters. The Morgan fingerprint density at radius 3 is 2.00 bits per heavy atom. The maximum absolute atomic E-state index is 13.1. The first-order chi connectivity index (χ1) is 15.8. The maximum atomic E-state index is 13.1. The van der Waals surface area contributed by atoms with Gasteiger partial charge in [-0.25, -0.2) is 0 Å². The van der Waals surface area contributed by atoms with Gasteiger partial charge in [0, 0.05) is 23.1 Å². The number of Topliss-reactive ketones (excluding diaryl/α,β-unsaturated/α-hetero) is 1. The number of ether oxygens (including phenoxy) is 1. The Kier molecular flexibility index (Phi) is 8.20. The van der Waals surface area contributed by atoms with Crippen LogP contribution in [0.4, 0.5) is 0 Å². The summed E-state index contributed by atoms with van der Waals surface area (Å²) in [7, 11) is 0. The summed E-state index contributed by atoms with van der Waals surface area (Å²) in [6, 6.07) is 14.6. The van der Waals surface area contributed by atoms with Crippen LogP contribution in [0.2, 0.25) is 0 Å². The van der Waals surface area contributed by atoms with E-state index in [9.17, 15) is 4.79 Å². The van der Waals surface area contributed by atoms with E-state index in [0.717, 1.165) is 54.7 Å². The Labute approximate surface area is 194 Å². The second-order valence-electron chi connectivity index (χ2n) is 9.52. The van der Waals surface area contributed by atoms with Crippen LogP contribution >= 0.6 is 0 Å². The summed E-state index contributed by atoms with van der Waals surface area (Å²) in [6.07, 6.45) is 15.8. The van der Waals surface area contributed by atoms with Gasteiger partial charge in [-0.15, -0.1) is 0 Å². The van der Waals surface area contributed by atoms with E-state index >= 15 is 0 Å². The molecule has 0 amide bonds. The van der Waals surface area contributed by atoms with Gasteiger partial charge in [0.2, 0.25) is 0 Å². The molecule has 2 aliphatic carbocycles. The van der Waals surface area contributed by atoms with Crippen molar-refractivity contribution >= 4 is 5.78 Å². The molecule has 0 spiro atoms. The first-order valence-corrected chi connectivity index (χ1v) is 12.8. The molecular weight excluding hydrogens is 392 g/mol. The third kappa shape index (κ3) is 5.52. The van der Waals surface area contributed by atoms with Crippen molar-refractivity contribution in [3.8, 4) is 5.75 Å². The highest BCUT2D eigenvalue weighted by atomic mass is 16.5. The summed E-state index contributed by atoms with van der Waals surface area (Å²) in [4.78, 5) is 13.1. The normalized spacial score (nSPS) is 14.7. The Morgan fingerprint density at radius 2 is 1.34 bits per heavy atom. The molecular formula is C30H38O2. The summed E-state index contributed by atoms with van der Waals surface area (Å²) in [5.74, 6) is 1.13. The predicted molar refractivity (Wildman–Crippen MR) is 133 cm³/mol. The monoisotopic (exact) mass is 430 g/mol. The number of hydrogen-bond acceptors (Lipinski definition) is 2. The van der Waals surface area contributed by atoms with Gasteiger partial charge >= 0.3 is 0 Å². The van der Waals surface area contributed by atoms with E-state index in [4.69, 9.17) is 4.74 Å². The molecule has 0 N–H and O–H groups in total. The molecule has 0 unspecified atom stereocenters. The highest BCUT2D eigenvalue weighted by Gasteiger charge is 2.31. The van der Waals surface area contributed by atoms with Crippen LogP contribution in [0.1, 0.15) is 98.2 Å². The van der Waals surface area contributed by atoms with Crippen LogP contribution in [-0.2, 0) is 19.3 Å². The first kappa shape index (κ1) is 22.8. The van der Waals surface area contributed by atoms with E-state index in [-0.39, 0.29) is 5.78 Å². The number of hydrogen-bond donors (Lipinski definition) is 0. The van der Waals surface area contributed by atoms with E-state index in [0.29, 0.717) is 0 Å². The molecule has 0 aliphatic heterocycles. The van der Waals surface area contributed by atoms with Gasteiger partial charge in [-0.3, -0.25) is 4.79 Å². The lowest BCUT2D eigenvalue weighted by Gasteiger charge is -2.10. The fraction of sp³-hybridized carbons (Fsp3) is 0.500. The summed E-state index contributed by atoms with van der Waals surface area (Å²) >= 11 is 0. The molecule has 4 rings (SSSR count). The Morgan fingerprint density at radius 1 is 0.719 bits per heavy atom. The third-order valence-corrected chi connectivity index (χ3v) is 7.11. The highest BCUT2D eigenvalue weighted by molar-refractivity contribution is 6.14. The van der Waals surface area contributed by atoms with Gasteiger partial charge in [-0.2, -0.15) is 0 Å². The molecule has 2 heteroatoms. The Hall–Kier alpha value is -2.35. The summed E-state index contributed by atoms with van der Waals surface area (Å²) < 4.78 is 6.17. The van der Waals surface area contributed by atoms with Gasteiger partial charge in [-0.1, -0.05) is 107 Å². The van der Waals surface area contributed by atoms with Gasteiger partial charge in [0.1, 0.15) is 5.75 Å². The molecule has 0 aromatic heterocycles. The zero-order chi connectivity index (χ0) is 22.2. The number of benzene rings is 2. The van der Waals surface area contributed by atoms with Crippen molar-refractivity contribution in [2.45, 2.75) is 90.4 Å². The predicted octanol–water partition coefficient (Wildman–Crippen LogP) is 7.82. The molecule has 0 saturated heterocycles. The van der Waals surface area contributed by atoms with Crippen LogP contribution in [0.3, 0.4) is 0 Å². The molecule has 0 saturated carbocycles. The molecule has 0 radical (unpaired) electrons. The number of carbonyl (C=O) groups excluding carboxylic acids is 1. The van der Waals surface area contributed by atoms with Crippen molar-refractivity contribution in [3.63, 3.8) is 0 Å². The fourth-order valence-electron chi connectivity index (χ4n) is 5.21. The minimum Gasteiger partial charge on any atom is -0.493 e. The molecule has 0 bridgehead atoms. The van der Waals surface area contributed by atoms with Crippen LogP contribution in [0.15, 0.2) is 53.6 Å². The van der Waals surface area contributed by atoms with Crippen molar-refractivity contribution in [1.82, 2.24) is 0 Å². The van der Waals surface area contributed by atoms with Crippen molar-refractivity contribution in [2.75, 3.05) is 6.61 Å². The molecule has 2 aliphatic rings. The second kappa shape index (κ2) is 11.5. The van der Waals surface area contributed by atoms with Gasteiger partial charge < -0.3 is 4.74 Å². The first-order valence-electron chi connectivity index (χ1n) is 12.8. The van der Waals surface area contributed by atoms with Crippen LogP contribution in [0.25, 0.3) is 0 Å². The number of allylic oxidation sites excluding steroid dienone is 2. The lowest BCUT2D eigenvalue weighted by atomic mass is 10.0. The minimum absolute atomic E-state index is 0.215. The fourth-order valence-corrected chi connectivity index (χ4v) is 5.21. The molecule has 2 aromatic carbocycles. The molecule has 2 nitrogen and oxygen atoms in total. The largest absolute Gasteiger partial charge is 0.493 e. The highest BCUT2D eigenvalue weighted by Crippen LogP contribution is 2.38. The van der Waals surface area contributed by atoms with Crippen molar-refractivity contribution in [2.24, 2.45) is 0 Å². The summed E-state index contributed by atoms with van der Waals surface area (Å²) in [6.45, 7) is 3.02. The second-order valence-corrected chi connectivity index (χ2v) is 9.52. The van der Waals surface area contributed by atoms with Gasteiger partial charge in [0.05, 0.1) is 6.61 Å². The van der Waals surface area contributed by atoms with Crippen molar-refractivity contribution < 1.29 is 9.53 Å². The lowest BCUT2D eigenvalue weighted by molar-refractivity contribution is 0.103. The smallest absolute Gasteiger partial charge is 0.189 e. The molecule has 170 valence electrons. The number of ketones is 1. The lowest BCUT2D eigenvalue weighted by Crippen LogP contribution is -2.01. The van der Waals surface area contributed by atoms with Gasteiger partial charge in [0.25, 0.3) is 0 Å². The quantitative estimate of drug-likeness (QED) is 0.253. The van der Waals surface area contributed by atoms with Crippen molar-refractivity contribution in [3.05, 3.63) is 75.9 Å². The maximum Gasteiger partial charge on any atom is 0.189 e. The van der Waals surface area contributed by atoms with E-state index in [2.05, 4.69) is 31.2 Å². The van der Waals surface area contributed by atoms with E-state index in [1.807, 2.05) is 18.2 Å². The Balaban J connectivity index is 1.24. The van der Waals surface area contributed by atoms with E-state index in [1.54, 1.807) is 0 Å². The zero-order valence-corrected chi connectivity index (χ0v) is 19.8. The van der Waals surface area contributed by atoms with Gasteiger partial charge in [-0.05, 0) is 36.5 Å². The average molecular weight is 431 g/mol. The summed E-state index contributed by atoms with van der Waals surface area (Å²) in [5, 5.41) is 0. The van der Waals surface area contributed by atoms with Gasteiger partial charge in [0.15, 0.2) is 5.78 Å². The topological polar surface area (TPSA) is 26.3 Å². The number of fused-ring (bicyclic) bond motifs is 2. The van der Waals surface area contributed by atoms with Crippen molar-refractivity contribution in [1.29, 1.82) is 0 Å². The SMILES string of the molecule is CCCCCCCCCCCCOc1cccc2c1CC(=C1Cc3ccccc3C1)C2=O. The van der Waals surface area contributed by atoms with Crippen LogP contribution in [0.5, 0.6) is 5.75 Å². The van der Waals surface area contributed by atoms with Crippen LogP contribution < -0.4 is 4.74 Å². The zero-order valence-electron chi connectivity index (χ0n) is 19.8. The number of carbonyl (C=O) groups is 1. The molecule has 0 heterocycles. The van der Waals surface area contributed by atoms with Crippen LogP contribution in [0, 0.1) is 0 Å². The van der Waals surface area contributed by atoms with E-state index in [1.165, 1.54) is 74.5 Å². The minimum atomic E-state index is 0.215. The Bertz CT molecular complexity index is 926. The third-order valence-electron chi connectivity index (χ3n) is 7.11.